The molecule has 0 saturated heterocycles. The van der Waals surface area contributed by atoms with E-state index in [1.807, 2.05) is 0 Å². The van der Waals surface area contributed by atoms with Crippen LogP contribution in [0.25, 0.3) is 0 Å². The summed E-state index contributed by atoms with van der Waals surface area (Å²) in [4.78, 5) is 12.0. The van der Waals surface area contributed by atoms with Gasteiger partial charge >= 0.3 is 0 Å². The second-order valence-corrected chi connectivity index (χ2v) is 4.38. The predicted octanol–water partition coefficient (Wildman–Crippen LogP) is 3.67. The van der Waals surface area contributed by atoms with Crippen LogP contribution in [-0.4, -0.2) is 13.0 Å². The third-order valence-electron chi connectivity index (χ3n) is 2.93. The third kappa shape index (κ3) is 3.16. The van der Waals surface area contributed by atoms with E-state index in [4.69, 9.17) is 4.74 Å². The van der Waals surface area contributed by atoms with Crippen LogP contribution in [0.3, 0.4) is 0 Å². The van der Waals surface area contributed by atoms with Gasteiger partial charge in [-0.1, -0.05) is 6.07 Å². The number of methoxy groups -OCH3 is 1. The van der Waals surface area contributed by atoms with Gasteiger partial charge in [0.1, 0.15) is 11.6 Å². The molecule has 0 radical (unpaired) electrons. The number of anilines is 1. The minimum absolute atomic E-state index is 0.210. The van der Waals surface area contributed by atoms with Crippen molar-refractivity contribution in [3.05, 3.63) is 58.9 Å². The molecule has 0 aliphatic rings. The van der Waals surface area contributed by atoms with Gasteiger partial charge < -0.3 is 10.1 Å². The van der Waals surface area contributed by atoms with Crippen molar-refractivity contribution in [1.82, 2.24) is 0 Å². The molecule has 0 spiro atoms. The first-order valence-electron chi connectivity index (χ1n) is 6.03. The van der Waals surface area contributed by atoms with Gasteiger partial charge in [0.05, 0.1) is 12.8 Å². The first kappa shape index (κ1) is 14.9. The van der Waals surface area contributed by atoms with E-state index in [0.717, 1.165) is 5.56 Å². The molecule has 0 fully saturated rings. The number of aryl methyl sites for hydroxylation is 1. The molecule has 1 N–H and O–H groups in total. The zero-order chi connectivity index (χ0) is 15.6. The van der Waals surface area contributed by atoms with E-state index >= 15 is 0 Å². The van der Waals surface area contributed by atoms with Crippen LogP contribution >= 0.6 is 0 Å². The SMILES string of the molecule is COc1cc(C(=O)Nc2cc(F)c(F)cc2F)ccc1C. The molecule has 0 heterocycles. The molecule has 110 valence electrons. The Hall–Kier alpha value is -2.50. The minimum atomic E-state index is -1.32. The Morgan fingerprint density at radius 2 is 1.71 bits per heavy atom. The van der Waals surface area contributed by atoms with Crippen LogP contribution in [0.2, 0.25) is 0 Å². The molecule has 0 bridgehead atoms. The van der Waals surface area contributed by atoms with Crippen molar-refractivity contribution in [2.24, 2.45) is 0 Å². The van der Waals surface area contributed by atoms with Gasteiger partial charge in [0.15, 0.2) is 11.6 Å². The molecule has 0 saturated carbocycles. The summed E-state index contributed by atoms with van der Waals surface area (Å²) in [7, 11) is 1.46. The molecule has 1 amide bonds. The Kier molecular flexibility index (Phi) is 4.16. The second-order valence-electron chi connectivity index (χ2n) is 4.38. The summed E-state index contributed by atoms with van der Waals surface area (Å²) in [5.74, 6) is -3.77. The number of nitrogens with one attached hydrogen (secondary N) is 1. The summed E-state index contributed by atoms with van der Waals surface area (Å²) >= 11 is 0. The number of halogens is 3. The van der Waals surface area contributed by atoms with Crippen LogP contribution in [0.1, 0.15) is 15.9 Å². The molecule has 2 aromatic carbocycles. The van der Waals surface area contributed by atoms with Gasteiger partial charge in [0.2, 0.25) is 0 Å². The van der Waals surface area contributed by atoms with E-state index in [-0.39, 0.29) is 5.56 Å². The number of hydrogen-bond acceptors (Lipinski definition) is 2. The molecule has 0 aliphatic heterocycles. The lowest BCUT2D eigenvalue weighted by molar-refractivity contribution is 0.102. The highest BCUT2D eigenvalue weighted by Crippen LogP contribution is 2.22. The third-order valence-corrected chi connectivity index (χ3v) is 2.93. The quantitative estimate of drug-likeness (QED) is 0.877. The zero-order valence-corrected chi connectivity index (χ0v) is 11.3. The van der Waals surface area contributed by atoms with E-state index in [0.29, 0.717) is 17.9 Å². The highest BCUT2D eigenvalue weighted by Gasteiger charge is 2.14. The first-order chi connectivity index (χ1) is 9.92. The predicted molar refractivity (Wildman–Crippen MR) is 72.0 cm³/mol. The summed E-state index contributed by atoms with van der Waals surface area (Å²) < 4.78 is 44.4. The van der Waals surface area contributed by atoms with Crippen molar-refractivity contribution in [2.75, 3.05) is 12.4 Å². The number of amides is 1. The Bertz CT molecular complexity index is 702. The molecule has 3 nitrogen and oxygen atoms in total. The second kappa shape index (κ2) is 5.87. The number of ether oxygens (including phenoxy) is 1. The van der Waals surface area contributed by atoms with Gasteiger partial charge in [-0.25, -0.2) is 13.2 Å². The first-order valence-corrected chi connectivity index (χ1v) is 6.03. The minimum Gasteiger partial charge on any atom is -0.496 e. The lowest BCUT2D eigenvalue weighted by Crippen LogP contribution is -2.13. The molecular weight excluding hydrogens is 283 g/mol. The lowest BCUT2D eigenvalue weighted by Gasteiger charge is -2.09. The Labute approximate surface area is 119 Å². The molecule has 0 unspecified atom stereocenters. The van der Waals surface area contributed by atoms with Crippen LogP contribution < -0.4 is 10.1 Å². The Morgan fingerprint density at radius 1 is 1.05 bits per heavy atom. The van der Waals surface area contributed by atoms with Crippen LogP contribution in [0.5, 0.6) is 5.75 Å². The maximum atomic E-state index is 13.5. The van der Waals surface area contributed by atoms with E-state index in [1.54, 1.807) is 13.0 Å². The van der Waals surface area contributed by atoms with Crippen molar-refractivity contribution in [1.29, 1.82) is 0 Å². The summed E-state index contributed by atoms with van der Waals surface area (Å²) in [6.45, 7) is 1.80. The van der Waals surface area contributed by atoms with Gasteiger partial charge in [-0.2, -0.15) is 0 Å². The Balaban J connectivity index is 2.28. The molecule has 0 atom stereocenters. The summed E-state index contributed by atoms with van der Waals surface area (Å²) in [5, 5.41) is 2.19. The van der Waals surface area contributed by atoms with Gasteiger partial charge in [-0.05, 0) is 24.6 Å². The molecule has 2 rings (SSSR count). The molecule has 2 aromatic rings. The van der Waals surface area contributed by atoms with Crippen molar-refractivity contribution in [3.63, 3.8) is 0 Å². The van der Waals surface area contributed by atoms with Crippen LogP contribution in [0.15, 0.2) is 30.3 Å². The fraction of sp³-hybridized carbons (Fsp3) is 0.133. The average molecular weight is 295 g/mol. The van der Waals surface area contributed by atoms with Gasteiger partial charge in [-0.15, -0.1) is 0 Å². The number of hydrogen-bond donors (Lipinski definition) is 1. The number of carbonyl (C=O) groups is 1. The van der Waals surface area contributed by atoms with E-state index in [9.17, 15) is 18.0 Å². The maximum absolute atomic E-state index is 13.5. The highest BCUT2D eigenvalue weighted by atomic mass is 19.2. The number of carbonyl (C=O) groups excluding carboxylic acids is 1. The standard InChI is InChI=1S/C15H12F3NO2/c1-8-3-4-9(5-14(8)21-2)15(20)19-13-7-11(17)10(16)6-12(13)18/h3-7H,1-2H3,(H,19,20). The van der Waals surface area contributed by atoms with Gasteiger partial charge in [0.25, 0.3) is 5.91 Å². The van der Waals surface area contributed by atoms with Crippen LogP contribution in [0, 0.1) is 24.4 Å². The number of benzene rings is 2. The average Bonchev–Trinajstić information content (AvgIpc) is 2.45. The smallest absolute Gasteiger partial charge is 0.255 e. The van der Waals surface area contributed by atoms with Gasteiger partial charge in [-0.3, -0.25) is 4.79 Å². The summed E-state index contributed by atoms with van der Waals surface area (Å²) in [5.41, 5.74) is 0.605. The normalized spacial score (nSPS) is 10.3. The van der Waals surface area contributed by atoms with Crippen molar-refractivity contribution in [2.45, 2.75) is 6.92 Å². The molecular formula is C15H12F3NO2. The van der Waals surface area contributed by atoms with Crippen molar-refractivity contribution >= 4 is 11.6 Å². The topological polar surface area (TPSA) is 38.3 Å². The van der Waals surface area contributed by atoms with Crippen LogP contribution in [-0.2, 0) is 0 Å². The molecule has 0 aromatic heterocycles. The summed E-state index contributed by atoms with van der Waals surface area (Å²) in [6, 6.07) is 5.62. The maximum Gasteiger partial charge on any atom is 0.255 e. The molecule has 0 aliphatic carbocycles. The number of rotatable bonds is 3. The largest absolute Gasteiger partial charge is 0.496 e. The van der Waals surface area contributed by atoms with Crippen molar-refractivity contribution < 1.29 is 22.7 Å². The Morgan fingerprint density at radius 3 is 2.38 bits per heavy atom. The molecule has 21 heavy (non-hydrogen) atoms. The van der Waals surface area contributed by atoms with Crippen molar-refractivity contribution in [3.8, 4) is 5.75 Å². The fourth-order valence-electron chi connectivity index (χ4n) is 1.77. The highest BCUT2D eigenvalue weighted by molar-refractivity contribution is 6.04. The summed E-state index contributed by atoms with van der Waals surface area (Å²) in [6.07, 6.45) is 0. The van der Waals surface area contributed by atoms with E-state index in [1.165, 1.54) is 19.2 Å². The fourth-order valence-corrected chi connectivity index (χ4v) is 1.77. The van der Waals surface area contributed by atoms with Gasteiger partial charge in [0, 0.05) is 17.7 Å². The van der Waals surface area contributed by atoms with Crippen LogP contribution in [0.4, 0.5) is 18.9 Å². The molecule has 6 heteroatoms. The van der Waals surface area contributed by atoms with E-state index < -0.39 is 29.0 Å². The lowest BCUT2D eigenvalue weighted by atomic mass is 10.1. The monoisotopic (exact) mass is 295 g/mol. The zero-order valence-electron chi connectivity index (χ0n) is 11.3. The van der Waals surface area contributed by atoms with E-state index in [2.05, 4.69) is 5.32 Å².